The largest absolute Gasteiger partial charge is 0.481 e. The summed E-state index contributed by atoms with van der Waals surface area (Å²) in [6, 6.07) is 2.41. The summed E-state index contributed by atoms with van der Waals surface area (Å²) in [4.78, 5) is 19.7. The lowest BCUT2D eigenvalue weighted by molar-refractivity contribution is -0.148. The van der Waals surface area contributed by atoms with Crippen LogP contribution in [0, 0.1) is 0 Å². The number of carbonyl (C=O) groups excluding carboxylic acids is 1. The Labute approximate surface area is 167 Å². The molecule has 0 spiro atoms. The molecule has 1 saturated heterocycles. The van der Waals surface area contributed by atoms with E-state index in [0.717, 1.165) is 56.4 Å². The van der Waals surface area contributed by atoms with Gasteiger partial charge in [-0.25, -0.2) is 4.98 Å². The van der Waals surface area contributed by atoms with Crippen LogP contribution in [-0.4, -0.2) is 68.5 Å². The first-order valence-corrected chi connectivity index (χ1v) is 10.3. The van der Waals surface area contributed by atoms with E-state index >= 15 is 0 Å². The van der Waals surface area contributed by atoms with E-state index in [2.05, 4.69) is 23.3 Å². The maximum absolute atomic E-state index is 13.1. The lowest BCUT2D eigenvalue weighted by Gasteiger charge is -2.34. The van der Waals surface area contributed by atoms with Crippen LogP contribution in [0.15, 0.2) is 12.3 Å². The molecule has 1 N–H and O–H groups in total. The van der Waals surface area contributed by atoms with Gasteiger partial charge in [0.05, 0.1) is 19.8 Å². The molecule has 0 aromatic carbocycles. The highest BCUT2D eigenvalue weighted by molar-refractivity contribution is 5.82. The highest BCUT2D eigenvalue weighted by Crippen LogP contribution is 2.36. The summed E-state index contributed by atoms with van der Waals surface area (Å²) in [6.45, 7) is 4.81. The van der Waals surface area contributed by atoms with Gasteiger partial charge >= 0.3 is 0 Å². The van der Waals surface area contributed by atoms with Gasteiger partial charge in [0.2, 0.25) is 5.88 Å². The number of aryl methyl sites for hydroxylation is 1. The quantitative estimate of drug-likeness (QED) is 0.616. The Morgan fingerprint density at radius 3 is 2.86 bits per heavy atom. The predicted octanol–water partition coefficient (Wildman–Crippen LogP) is 2.10. The van der Waals surface area contributed by atoms with Crippen molar-refractivity contribution in [1.29, 1.82) is 0 Å². The van der Waals surface area contributed by atoms with Crippen LogP contribution in [0.2, 0.25) is 0 Å². The summed E-state index contributed by atoms with van der Waals surface area (Å²) in [5.74, 6) is 0.747. The average Bonchev–Trinajstić information content (AvgIpc) is 3.56. The molecule has 1 amide bonds. The highest BCUT2D eigenvalue weighted by atomic mass is 16.5. The molecule has 2 aliphatic rings. The number of amides is 1. The minimum atomic E-state index is -0.392. The number of methoxy groups -OCH3 is 2. The van der Waals surface area contributed by atoms with Crippen molar-refractivity contribution in [3.05, 3.63) is 23.4 Å². The molecule has 0 bridgehead atoms. The molecular weight excluding hydrogens is 358 g/mol. The van der Waals surface area contributed by atoms with Crippen molar-refractivity contribution in [2.24, 2.45) is 0 Å². The van der Waals surface area contributed by atoms with Gasteiger partial charge in [-0.3, -0.25) is 4.79 Å². The van der Waals surface area contributed by atoms with Crippen LogP contribution in [0.1, 0.15) is 49.8 Å². The predicted molar refractivity (Wildman–Crippen MR) is 106 cm³/mol. The summed E-state index contributed by atoms with van der Waals surface area (Å²) < 4.78 is 16.3. The molecular formula is C21H33N3O4. The van der Waals surface area contributed by atoms with Crippen molar-refractivity contribution in [2.45, 2.75) is 57.2 Å². The van der Waals surface area contributed by atoms with E-state index in [4.69, 9.17) is 14.2 Å². The van der Waals surface area contributed by atoms with E-state index in [1.807, 2.05) is 11.1 Å². The molecule has 0 radical (unpaired) electrons. The van der Waals surface area contributed by atoms with Gasteiger partial charge in [0, 0.05) is 44.6 Å². The first-order valence-electron chi connectivity index (χ1n) is 10.3. The standard InChI is InChI=1S/C21H33N3O4/c1-15(24(18-7-8-18)21(25)19-14-22-9-11-28-19)17-12-16(6-4-5-10-26-2)20(27-3)23-13-17/h12-13,15,18-19,22H,4-11,14H2,1-3H3/t15?,19-/m1/s1. The number of ether oxygens (including phenoxy) is 3. The summed E-state index contributed by atoms with van der Waals surface area (Å²) in [5, 5.41) is 3.25. The van der Waals surface area contributed by atoms with Crippen LogP contribution in [0.4, 0.5) is 0 Å². The van der Waals surface area contributed by atoms with Crippen molar-refractivity contribution < 1.29 is 19.0 Å². The number of unbranched alkanes of at least 4 members (excludes halogenated alkanes) is 1. The second-order valence-corrected chi connectivity index (χ2v) is 7.60. The maximum Gasteiger partial charge on any atom is 0.253 e. The van der Waals surface area contributed by atoms with Gasteiger partial charge in [0.1, 0.15) is 6.10 Å². The molecule has 2 fully saturated rings. The number of hydrogen-bond acceptors (Lipinski definition) is 6. The molecule has 1 unspecified atom stereocenters. The van der Waals surface area contributed by atoms with Crippen LogP contribution in [0.5, 0.6) is 5.88 Å². The number of nitrogens with zero attached hydrogens (tertiary/aromatic N) is 2. The van der Waals surface area contributed by atoms with E-state index in [9.17, 15) is 4.79 Å². The molecule has 1 aromatic rings. The minimum absolute atomic E-state index is 0.0401. The fraction of sp³-hybridized carbons (Fsp3) is 0.714. The lowest BCUT2D eigenvalue weighted by atomic mass is 10.0. The molecule has 3 rings (SSSR count). The second kappa shape index (κ2) is 10.2. The first-order chi connectivity index (χ1) is 13.7. The van der Waals surface area contributed by atoms with Crippen molar-refractivity contribution >= 4 is 5.91 Å². The molecule has 2 heterocycles. The summed E-state index contributed by atoms with van der Waals surface area (Å²) in [7, 11) is 3.37. The molecule has 2 atom stereocenters. The Bertz CT molecular complexity index is 645. The number of rotatable bonds is 10. The third-order valence-corrected chi connectivity index (χ3v) is 5.48. The third-order valence-electron chi connectivity index (χ3n) is 5.48. The molecule has 156 valence electrons. The van der Waals surface area contributed by atoms with Gasteiger partial charge in [0.25, 0.3) is 5.91 Å². The topological polar surface area (TPSA) is 72.9 Å². The Balaban J connectivity index is 1.74. The van der Waals surface area contributed by atoms with Crippen LogP contribution in [0.3, 0.4) is 0 Å². The number of pyridine rings is 1. The highest BCUT2D eigenvalue weighted by Gasteiger charge is 2.40. The number of hydrogen-bond donors (Lipinski definition) is 1. The lowest BCUT2D eigenvalue weighted by Crippen LogP contribution is -2.50. The minimum Gasteiger partial charge on any atom is -0.481 e. The normalized spacial score (nSPS) is 20.6. The Morgan fingerprint density at radius 2 is 2.21 bits per heavy atom. The number of aromatic nitrogens is 1. The zero-order chi connectivity index (χ0) is 19.9. The molecule has 28 heavy (non-hydrogen) atoms. The SMILES string of the molecule is COCCCCc1cc(C(C)N(C(=O)[C@H]2CNCCO2)C2CC2)cnc1OC. The Hall–Kier alpha value is -1.70. The molecule has 1 aliphatic heterocycles. The van der Waals surface area contributed by atoms with Crippen LogP contribution >= 0.6 is 0 Å². The number of carbonyl (C=O) groups is 1. The van der Waals surface area contributed by atoms with Crippen molar-refractivity contribution in [2.75, 3.05) is 40.5 Å². The smallest absolute Gasteiger partial charge is 0.253 e. The monoisotopic (exact) mass is 391 g/mol. The van der Waals surface area contributed by atoms with E-state index in [-0.39, 0.29) is 11.9 Å². The fourth-order valence-electron chi connectivity index (χ4n) is 3.76. The van der Waals surface area contributed by atoms with E-state index in [1.165, 1.54) is 0 Å². The van der Waals surface area contributed by atoms with Gasteiger partial charge < -0.3 is 24.4 Å². The zero-order valence-electron chi connectivity index (χ0n) is 17.3. The first kappa shape index (κ1) is 21.0. The van der Waals surface area contributed by atoms with Gasteiger partial charge in [-0.05, 0) is 50.7 Å². The molecule has 7 nitrogen and oxygen atoms in total. The van der Waals surface area contributed by atoms with E-state index in [0.29, 0.717) is 25.1 Å². The van der Waals surface area contributed by atoms with Gasteiger partial charge in [-0.1, -0.05) is 0 Å². The van der Waals surface area contributed by atoms with E-state index in [1.54, 1.807) is 14.2 Å². The van der Waals surface area contributed by atoms with Crippen LogP contribution < -0.4 is 10.1 Å². The van der Waals surface area contributed by atoms with Crippen molar-refractivity contribution in [3.63, 3.8) is 0 Å². The third kappa shape index (κ3) is 5.21. The molecule has 1 aliphatic carbocycles. The Kier molecular flexibility index (Phi) is 7.65. The number of nitrogens with one attached hydrogen (secondary N) is 1. The van der Waals surface area contributed by atoms with Crippen LogP contribution in [-0.2, 0) is 20.7 Å². The molecule has 1 saturated carbocycles. The summed E-state index contributed by atoms with van der Waals surface area (Å²) >= 11 is 0. The number of morpholine rings is 1. The fourth-order valence-corrected chi connectivity index (χ4v) is 3.76. The molecule has 7 heteroatoms. The van der Waals surface area contributed by atoms with Crippen molar-refractivity contribution in [3.8, 4) is 5.88 Å². The summed E-state index contributed by atoms with van der Waals surface area (Å²) in [6.07, 6.45) is 6.46. The average molecular weight is 392 g/mol. The van der Waals surface area contributed by atoms with Gasteiger partial charge in [-0.2, -0.15) is 0 Å². The van der Waals surface area contributed by atoms with Crippen LogP contribution in [0.25, 0.3) is 0 Å². The van der Waals surface area contributed by atoms with Gasteiger partial charge in [0.15, 0.2) is 0 Å². The second-order valence-electron chi connectivity index (χ2n) is 7.60. The molecule has 1 aromatic heterocycles. The zero-order valence-corrected chi connectivity index (χ0v) is 17.3. The Morgan fingerprint density at radius 1 is 1.39 bits per heavy atom. The summed E-state index contributed by atoms with van der Waals surface area (Å²) in [5.41, 5.74) is 2.13. The van der Waals surface area contributed by atoms with Crippen molar-refractivity contribution in [1.82, 2.24) is 15.2 Å². The maximum atomic E-state index is 13.1. The van der Waals surface area contributed by atoms with Gasteiger partial charge in [-0.15, -0.1) is 0 Å². The van der Waals surface area contributed by atoms with E-state index < -0.39 is 6.10 Å².